The van der Waals surface area contributed by atoms with Crippen LogP contribution >= 0.6 is 0 Å². The van der Waals surface area contributed by atoms with E-state index in [-0.39, 0.29) is 11.8 Å². The van der Waals surface area contributed by atoms with Crippen molar-refractivity contribution < 1.29 is 9.53 Å². The van der Waals surface area contributed by atoms with E-state index < -0.39 is 0 Å². The average molecular weight is 361 g/mol. The van der Waals surface area contributed by atoms with Gasteiger partial charge >= 0.3 is 0 Å². The van der Waals surface area contributed by atoms with Crippen molar-refractivity contribution in [2.75, 3.05) is 26.8 Å². The van der Waals surface area contributed by atoms with Crippen molar-refractivity contribution in [1.82, 2.24) is 14.9 Å². The second kappa shape index (κ2) is 7.84. The maximum Gasteiger partial charge on any atom is 0.223 e. The van der Waals surface area contributed by atoms with Gasteiger partial charge in [0.1, 0.15) is 0 Å². The number of hydrogen-bond donors (Lipinski definition) is 0. The fourth-order valence-corrected chi connectivity index (χ4v) is 3.70. The van der Waals surface area contributed by atoms with Gasteiger partial charge in [-0.1, -0.05) is 48.5 Å². The zero-order valence-electron chi connectivity index (χ0n) is 15.5. The molecule has 27 heavy (non-hydrogen) atoms. The summed E-state index contributed by atoms with van der Waals surface area (Å²) in [7, 11) is 1.66. The summed E-state index contributed by atoms with van der Waals surface area (Å²) in [6, 6.07) is 18.1. The largest absolute Gasteiger partial charge is 0.383 e. The molecule has 5 nitrogen and oxygen atoms in total. The van der Waals surface area contributed by atoms with E-state index in [9.17, 15) is 4.79 Å². The highest BCUT2D eigenvalue weighted by Crippen LogP contribution is 2.27. The van der Waals surface area contributed by atoms with Crippen LogP contribution in [0.2, 0.25) is 0 Å². The summed E-state index contributed by atoms with van der Waals surface area (Å²) in [5.41, 5.74) is 2.97. The summed E-state index contributed by atoms with van der Waals surface area (Å²) in [6.07, 6.45) is 1.35. The summed E-state index contributed by atoms with van der Waals surface area (Å²) in [4.78, 5) is 23.8. The number of amides is 1. The second-order valence-corrected chi connectivity index (χ2v) is 6.98. The number of nitrogens with zero attached hydrogens (tertiary/aromatic N) is 3. The van der Waals surface area contributed by atoms with Gasteiger partial charge < -0.3 is 9.64 Å². The first kappa shape index (κ1) is 17.6. The number of ether oxygens (including phenoxy) is 1. The van der Waals surface area contributed by atoms with Crippen LogP contribution in [-0.4, -0.2) is 47.6 Å². The number of fused-ring (bicyclic) bond motifs is 1. The maximum atomic E-state index is 12.3. The number of rotatable bonds is 6. The summed E-state index contributed by atoms with van der Waals surface area (Å²) in [6.45, 7) is 2.00. The molecule has 5 heteroatoms. The molecule has 1 aromatic heterocycles. The van der Waals surface area contributed by atoms with Gasteiger partial charge in [0, 0.05) is 37.6 Å². The van der Waals surface area contributed by atoms with E-state index in [0.29, 0.717) is 19.6 Å². The lowest BCUT2D eigenvalue weighted by atomic mass is 9.99. The first-order chi connectivity index (χ1) is 13.2. The molecule has 1 aliphatic heterocycles. The molecule has 1 fully saturated rings. The normalized spacial score (nSPS) is 17.0. The Morgan fingerprint density at radius 1 is 1.07 bits per heavy atom. The molecule has 0 bridgehead atoms. The first-order valence-electron chi connectivity index (χ1n) is 9.32. The fraction of sp³-hybridized carbons (Fsp3) is 0.318. The Kier molecular flexibility index (Phi) is 5.12. The van der Waals surface area contributed by atoms with E-state index in [1.807, 2.05) is 53.4 Å². The first-order valence-corrected chi connectivity index (χ1v) is 9.32. The molecular formula is C22H23N3O2. The lowest BCUT2D eigenvalue weighted by Gasteiger charge is -2.16. The predicted octanol–water partition coefficient (Wildman–Crippen LogP) is 3.33. The third-order valence-electron chi connectivity index (χ3n) is 5.06. The van der Waals surface area contributed by atoms with Crippen LogP contribution in [0.15, 0.2) is 54.6 Å². The molecule has 0 spiro atoms. The van der Waals surface area contributed by atoms with E-state index in [4.69, 9.17) is 14.7 Å². The third-order valence-corrected chi connectivity index (χ3v) is 5.06. The molecule has 1 aliphatic rings. The van der Waals surface area contributed by atoms with Crippen LogP contribution in [-0.2, 0) is 16.0 Å². The molecule has 0 saturated carbocycles. The number of hydrogen-bond acceptors (Lipinski definition) is 4. The van der Waals surface area contributed by atoms with Gasteiger partial charge in [-0.15, -0.1) is 0 Å². The molecule has 2 aromatic carbocycles. The molecule has 1 unspecified atom stereocenters. The molecule has 0 radical (unpaired) electrons. The monoisotopic (exact) mass is 361 g/mol. The number of likely N-dealkylation sites (tertiary alicyclic amines) is 1. The molecule has 1 saturated heterocycles. The molecular weight excluding hydrogens is 338 g/mol. The summed E-state index contributed by atoms with van der Waals surface area (Å²) in [5.74, 6) is 1.22. The van der Waals surface area contributed by atoms with Crippen molar-refractivity contribution in [2.24, 2.45) is 5.92 Å². The third kappa shape index (κ3) is 3.83. The summed E-state index contributed by atoms with van der Waals surface area (Å²) >= 11 is 0. The number of benzene rings is 2. The van der Waals surface area contributed by atoms with E-state index in [0.717, 1.165) is 41.0 Å². The standard InChI is InChI=1S/C22H23N3O2/c1-27-12-11-25-15-16(14-21(25)26)13-20-18-9-5-6-10-19(18)23-22(24-20)17-7-3-2-4-8-17/h2-10,16H,11-15H2,1H3. The molecule has 4 rings (SSSR count). The van der Waals surface area contributed by atoms with Gasteiger partial charge in [0.15, 0.2) is 5.82 Å². The zero-order chi connectivity index (χ0) is 18.6. The van der Waals surface area contributed by atoms with Gasteiger partial charge in [0.05, 0.1) is 17.8 Å². The van der Waals surface area contributed by atoms with Gasteiger partial charge in [-0.05, 0) is 18.4 Å². The smallest absolute Gasteiger partial charge is 0.223 e. The Bertz CT molecular complexity index is 943. The van der Waals surface area contributed by atoms with Crippen molar-refractivity contribution in [3.63, 3.8) is 0 Å². The maximum absolute atomic E-state index is 12.3. The number of methoxy groups -OCH3 is 1. The van der Waals surface area contributed by atoms with E-state index in [2.05, 4.69) is 6.07 Å². The minimum atomic E-state index is 0.207. The van der Waals surface area contributed by atoms with Gasteiger partial charge in [-0.3, -0.25) is 4.79 Å². The minimum Gasteiger partial charge on any atom is -0.383 e. The molecule has 0 N–H and O–H groups in total. The summed E-state index contributed by atoms with van der Waals surface area (Å²) < 4.78 is 5.11. The quantitative estimate of drug-likeness (QED) is 0.676. The lowest BCUT2D eigenvalue weighted by molar-refractivity contribution is -0.128. The van der Waals surface area contributed by atoms with Crippen molar-refractivity contribution >= 4 is 16.8 Å². The van der Waals surface area contributed by atoms with Crippen molar-refractivity contribution in [1.29, 1.82) is 0 Å². The SMILES string of the molecule is COCCN1CC(Cc2nc(-c3ccccc3)nc3ccccc23)CC1=O. The van der Waals surface area contributed by atoms with E-state index >= 15 is 0 Å². The van der Waals surface area contributed by atoms with Gasteiger partial charge in [-0.25, -0.2) is 9.97 Å². The topological polar surface area (TPSA) is 55.3 Å². The Morgan fingerprint density at radius 3 is 2.67 bits per heavy atom. The van der Waals surface area contributed by atoms with Gasteiger partial charge in [0.2, 0.25) is 5.91 Å². The van der Waals surface area contributed by atoms with Crippen LogP contribution in [0.1, 0.15) is 12.1 Å². The van der Waals surface area contributed by atoms with Crippen LogP contribution < -0.4 is 0 Å². The van der Waals surface area contributed by atoms with Crippen LogP contribution in [0.25, 0.3) is 22.3 Å². The highest BCUT2D eigenvalue weighted by atomic mass is 16.5. The summed E-state index contributed by atoms with van der Waals surface area (Å²) in [5, 5.41) is 1.07. The number of aromatic nitrogens is 2. The van der Waals surface area contributed by atoms with E-state index in [1.54, 1.807) is 7.11 Å². The Hall–Kier alpha value is -2.79. The van der Waals surface area contributed by atoms with Crippen LogP contribution in [0.4, 0.5) is 0 Å². The molecule has 1 atom stereocenters. The van der Waals surface area contributed by atoms with Crippen LogP contribution in [0, 0.1) is 5.92 Å². The number of para-hydroxylation sites is 1. The average Bonchev–Trinajstić information content (AvgIpc) is 3.06. The Labute approximate surface area is 159 Å². The van der Waals surface area contributed by atoms with Crippen LogP contribution in [0.3, 0.4) is 0 Å². The fourth-order valence-electron chi connectivity index (χ4n) is 3.70. The molecule has 1 amide bonds. The number of carbonyl (C=O) groups excluding carboxylic acids is 1. The highest BCUT2D eigenvalue weighted by Gasteiger charge is 2.30. The Morgan fingerprint density at radius 2 is 1.85 bits per heavy atom. The van der Waals surface area contributed by atoms with Gasteiger partial charge in [-0.2, -0.15) is 0 Å². The highest BCUT2D eigenvalue weighted by molar-refractivity contribution is 5.83. The lowest BCUT2D eigenvalue weighted by Crippen LogP contribution is -2.29. The van der Waals surface area contributed by atoms with Crippen molar-refractivity contribution in [3.8, 4) is 11.4 Å². The van der Waals surface area contributed by atoms with E-state index in [1.165, 1.54) is 0 Å². The zero-order valence-corrected chi connectivity index (χ0v) is 15.5. The van der Waals surface area contributed by atoms with Crippen LogP contribution in [0.5, 0.6) is 0 Å². The second-order valence-electron chi connectivity index (χ2n) is 6.98. The van der Waals surface area contributed by atoms with Gasteiger partial charge in [0.25, 0.3) is 0 Å². The van der Waals surface area contributed by atoms with Crippen molar-refractivity contribution in [3.05, 3.63) is 60.3 Å². The minimum absolute atomic E-state index is 0.207. The van der Waals surface area contributed by atoms with Crippen molar-refractivity contribution in [2.45, 2.75) is 12.8 Å². The molecule has 3 aromatic rings. The predicted molar refractivity (Wildman–Crippen MR) is 105 cm³/mol. The number of carbonyl (C=O) groups is 1. The molecule has 2 heterocycles. The molecule has 138 valence electrons. The molecule has 0 aliphatic carbocycles. The Balaban J connectivity index is 1.64.